The molecule has 1 atom stereocenters. The normalized spacial score (nSPS) is 13.1. The van der Waals surface area contributed by atoms with E-state index in [2.05, 4.69) is 41.8 Å². The van der Waals surface area contributed by atoms with Gasteiger partial charge in [-0.15, -0.1) is 11.3 Å². The Morgan fingerprint density at radius 1 is 1.11 bits per heavy atom. The Kier molecular flexibility index (Phi) is 6.49. The lowest BCUT2D eigenvalue weighted by molar-refractivity contribution is -0.132. The van der Waals surface area contributed by atoms with Crippen molar-refractivity contribution in [2.75, 3.05) is 5.32 Å². The van der Waals surface area contributed by atoms with E-state index in [0.717, 1.165) is 22.1 Å². The van der Waals surface area contributed by atoms with Crippen LogP contribution in [0, 0.1) is 5.41 Å². The Morgan fingerprint density at radius 3 is 2.18 bits per heavy atom. The number of thiazole rings is 1. The molecule has 2 amide bonds. The molecule has 7 heteroatoms. The molecule has 0 aliphatic rings. The Labute approximate surface area is 170 Å². The van der Waals surface area contributed by atoms with Crippen molar-refractivity contribution in [3.05, 3.63) is 40.9 Å². The number of hydrogen-bond acceptors (Lipinski definition) is 5. The van der Waals surface area contributed by atoms with Gasteiger partial charge in [0.2, 0.25) is 11.8 Å². The number of carbonyl (C=O) groups is 2. The van der Waals surface area contributed by atoms with Gasteiger partial charge in [0.25, 0.3) is 0 Å². The van der Waals surface area contributed by atoms with Crippen LogP contribution in [-0.4, -0.2) is 22.8 Å². The van der Waals surface area contributed by atoms with E-state index in [0.29, 0.717) is 6.42 Å². The summed E-state index contributed by atoms with van der Waals surface area (Å²) in [6.45, 7) is 11.8. The number of amides is 2. The molecule has 1 aromatic heterocycles. The number of carbonyl (C=O) groups excluding carboxylic acids is 2. The van der Waals surface area contributed by atoms with E-state index in [-0.39, 0.29) is 11.3 Å². The van der Waals surface area contributed by atoms with E-state index >= 15 is 0 Å². The number of nitrogens with zero attached hydrogens (tertiary/aromatic N) is 1. The lowest BCUT2D eigenvalue weighted by atomic mass is 9.93. The molecule has 1 aromatic carbocycles. The molecule has 0 spiro atoms. The number of benzene rings is 1. The van der Waals surface area contributed by atoms with Gasteiger partial charge in [0.15, 0.2) is 5.13 Å². The van der Waals surface area contributed by atoms with Gasteiger partial charge in [-0.05, 0) is 17.7 Å². The van der Waals surface area contributed by atoms with E-state index in [4.69, 9.17) is 5.73 Å². The SMILES string of the molecule is CC(C)(C)C(=O)N[C@H](Cc1ccc(Nc2nc(C(C)(C)C)cs2)cc1)C(N)=O. The number of anilines is 2. The third kappa shape index (κ3) is 6.05. The fourth-order valence-electron chi connectivity index (χ4n) is 2.36. The van der Waals surface area contributed by atoms with E-state index in [1.807, 2.05) is 24.3 Å². The second kappa shape index (κ2) is 8.31. The second-order valence-corrected chi connectivity index (χ2v) is 9.85. The van der Waals surface area contributed by atoms with Crippen LogP contribution in [0.3, 0.4) is 0 Å². The minimum absolute atomic E-state index is 0.0154. The van der Waals surface area contributed by atoms with Gasteiger partial charge >= 0.3 is 0 Å². The second-order valence-electron chi connectivity index (χ2n) is 8.99. The van der Waals surface area contributed by atoms with Gasteiger partial charge in [0, 0.05) is 28.3 Å². The van der Waals surface area contributed by atoms with E-state index in [9.17, 15) is 9.59 Å². The highest BCUT2D eigenvalue weighted by Crippen LogP contribution is 2.28. The van der Waals surface area contributed by atoms with Crippen LogP contribution < -0.4 is 16.4 Å². The molecule has 0 saturated heterocycles. The first-order chi connectivity index (χ1) is 12.9. The van der Waals surface area contributed by atoms with Gasteiger partial charge in [-0.1, -0.05) is 53.7 Å². The summed E-state index contributed by atoms with van der Waals surface area (Å²) in [5.74, 6) is -0.745. The highest BCUT2D eigenvalue weighted by Gasteiger charge is 2.26. The Hall–Kier alpha value is -2.41. The number of primary amides is 1. The Bertz CT molecular complexity index is 829. The molecular formula is C21H30N4O2S. The van der Waals surface area contributed by atoms with Crippen molar-refractivity contribution in [2.24, 2.45) is 11.1 Å². The Morgan fingerprint density at radius 2 is 1.71 bits per heavy atom. The van der Waals surface area contributed by atoms with Crippen LogP contribution in [0.15, 0.2) is 29.6 Å². The fraction of sp³-hybridized carbons (Fsp3) is 0.476. The summed E-state index contributed by atoms with van der Waals surface area (Å²) < 4.78 is 0. The number of aromatic nitrogens is 1. The van der Waals surface area contributed by atoms with Crippen molar-refractivity contribution in [2.45, 2.75) is 59.4 Å². The van der Waals surface area contributed by atoms with Gasteiger partial charge in [0.1, 0.15) is 6.04 Å². The van der Waals surface area contributed by atoms with Crippen molar-refractivity contribution in [1.82, 2.24) is 10.3 Å². The summed E-state index contributed by atoms with van der Waals surface area (Å²) in [6.07, 6.45) is 0.350. The van der Waals surface area contributed by atoms with Crippen molar-refractivity contribution in [1.29, 1.82) is 0 Å². The van der Waals surface area contributed by atoms with Gasteiger partial charge in [-0.25, -0.2) is 4.98 Å². The first kappa shape index (κ1) is 21.9. The molecule has 0 aliphatic carbocycles. The number of hydrogen-bond donors (Lipinski definition) is 3. The zero-order valence-corrected chi connectivity index (χ0v) is 18.2. The molecule has 2 aromatic rings. The van der Waals surface area contributed by atoms with Crippen LogP contribution in [-0.2, 0) is 21.4 Å². The van der Waals surface area contributed by atoms with E-state index in [1.165, 1.54) is 0 Å². The van der Waals surface area contributed by atoms with Crippen LogP contribution in [0.2, 0.25) is 0 Å². The minimum Gasteiger partial charge on any atom is -0.368 e. The molecule has 0 fully saturated rings. The number of nitrogens with one attached hydrogen (secondary N) is 2. The molecule has 4 N–H and O–H groups in total. The molecular weight excluding hydrogens is 372 g/mol. The molecule has 0 bridgehead atoms. The van der Waals surface area contributed by atoms with Crippen LogP contribution in [0.25, 0.3) is 0 Å². The monoisotopic (exact) mass is 402 g/mol. The average molecular weight is 403 g/mol. The summed E-state index contributed by atoms with van der Waals surface area (Å²) in [4.78, 5) is 28.5. The highest BCUT2D eigenvalue weighted by atomic mass is 32.1. The van der Waals surface area contributed by atoms with E-state index < -0.39 is 17.4 Å². The fourth-order valence-corrected chi connectivity index (χ4v) is 3.31. The predicted molar refractivity (Wildman–Crippen MR) is 115 cm³/mol. The summed E-state index contributed by atoms with van der Waals surface area (Å²) in [5, 5.41) is 8.94. The summed E-state index contributed by atoms with van der Waals surface area (Å²) in [6, 6.07) is 6.95. The van der Waals surface area contributed by atoms with Gasteiger partial charge < -0.3 is 16.4 Å². The molecule has 0 radical (unpaired) electrons. The third-order valence-electron chi connectivity index (χ3n) is 4.25. The first-order valence-electron chi connectivity index (χ1n) is 9.28. The number of nitrogens with two attached hydrogens (primary N) is 1. The molecule has 1 heterocycles. The van der Waals surface area contributed by atoms with Crippen LogP contribution >= 0.6 is 11.3 Å². The van der Waals surface area contributed by atoms with E-state index in [1.54, 1.807) is 32.1 Å². The molecule has 28 heavy (non-hydrogen) atoms. The largest absolute Gasteiger partial charge is 0.368 e. The zero-order chi connectivity index (χ0) is 21.1. The number of rotatable bonds is 6. The molecule has 0 aliphatic heterocycles. The first-order valence-corrected chi connectivity index (χ1v) is 10.2. The lowest BCUT2D eigenvalue weighted by Crippen LogP contribution is -2.49. The van der Waals surface area contributed by atoms with Crippen molar-refractivity contribution in [3.63, 3.8) is 0 Å². The smallest absolute Gasteiger partial charge is 0.240 e. The van der Waals surface area contributed by atoms with Crippen molar-refractivity contribution in [3.8, 4) is 0 Å². The maximum absolute atomic E-state index is 12.2. The maximum atomic E-state index is 12.2. The molecule has 0 unspecified atom stereocenters. The van der Waals surface area contributed by atoms with Crippen LogP contribution in [0.1, 0.15) is 52.8 Å². The Balaban J connectivity index is 2.03. The summed E-state index contributed by atoms with van der Waals surface area (Å²) in [5.41, 5.74) is 7.78. The topological polar surface area (TPSA) is 97.1 Å². The zero-order valence-electron chi connectivity index (χ0n) is 17.4. The highest BCUT2D eigenvalue weighted by molar-refractivity contribution is 7.13. The van der Waals surface area contributed by atoms with Crippen molar-refractivity contribution >= 4 is 34.0 Å². The van der Waals surface area contributed by atoms with Crippen molar-refractivity contribution < 1.29 is 9.59 Å². The third-order valence-corrected chi connectivity index (χ3v) is 5.01. The quantitative estimate of drug-likeness (QED) is 0.685. The lowest BCUT2D eigenvalue weighted by Gasteiger charge is -2.22. The summed E-state index contributed by atoms with van der Waals surface area (Å²) in [7, 11) is 0. The van der Waals surface area contributed by atoms with Gasteiger partial charge in [-0.2, -0.15) is 0 Å². The van der Waals surface area contributed by atoms with Gasteiger partial charge in [0.05, 0.1) is 5.69 Å². The minimum atomic E-state index is -0.737. The standard InChI is InChI=1S/C21H30N4O2S/c1-20(2,3)16-12-28-19(25-16)23-14-9-7-13(8-10-14)11-15(17(22)26)24-18(27)21(4,5)6/h7-10,12,15H,11H2,1-6H3,(H2,22,26)(H,23,25)(H,24,27)/t15-/m1/s1. The van der Waals surface area contributed by atoms with Crippen LogP contribution in [0.5, 0.6) is 0 Å². The molecule has 2 rings (SSSR count). The average Bonchev–Trinajstić information content (AvgIpc) is 3.03. The summed E-state index contributed by atoms with van der Waals surface area (Å²) >= 11 is 1.57. The molecule has 0 saturated carbocycles. The van der Waals surface area contributed by atoms with Gasteiger partial charge in [-0.3, -0.25) is 9.59 Å². The molecule has 152 valence electrons. The predicted octanol–water partition coefficient (Wildman–Crippen LogP) is 3.74. The van der Waals surface area contributed by atoms with Crippen LogP contribution in [0.4, 0.5) is 10.8 Å². The molecule has 6 nitrogen and oxygen atoms in total. The maximum Gasteiger partial charge on any atom is 0.240 e.